The molecule has 2 fully saturated rings. The number of hydrogen-bond acceptors (Lipinski definition) is 1. The van der Waals surface area contributed by atoms with Gasteiger partial charge in [0, 0.05) is 6.04 Å². The number of nitrogens with two attached hydrogens (primary N) is 1. The largest absolute Gasteiger partial charge is 0.324 e. The molecule has 0 heterocycles. The van der Waals surface area contributed by atoms with Crippen LogP contribution in [0.1, 0.15) is 36.4 Å². The molecule has 1 aromatic carbocycles. The lowest BCUT2D eigenvalue weighted by atomic mass is 9.96. The molecular formula is C14H18FN. The average Bonchev–Trinajstić information content (AvgIpc) is 2.74. The fraction of sp³-hybridized carbons (Fsp3) is 0.571. The number of fused-ring (bicyclic) bond motifs is 1. The van der Waals surface area contributed by atoms with E-state index >= 15 is 0 Å². The Morgan fingerprint density at radius 3 is 2.62 bits per heavy atom. The van der Waals surface area contributed by atoms with Gasteiger partial charge in [0.15, 0.2) is 0 Å². The molecule has 1 nitrogen and oxygen atoms in total. The Balaban J connectivity index is 1.79. The Morgan fingerprint density at radius 2 is 2.00 bits per heavy atom. The summed E-state index contributed by atoms with van der Waals surface area (Å²) in [7, 11) is 0. The number of aryl methyl sites for hydroxylation is 1. The van der Waals surface area contributed by atoms with Crippen LogP contribution in [-0.4, -0.2) is 0 Å². The Bertz CT molecular complexity index is 405. The normalized spacial score (nSPS) is 33.6. The fourth-order valence-electron chi connectivity index (χ4n) is 3.51. The predicted octanol–water partition coefficient (Wildman–Crippen LogP) is 3.18. The number of rotatable bonds is 2. The second kappa shape index (κ2) is 3.56. The van der Waals surface area contributed by atoms with Crippen molar-refractivity contribution in [2.24, 2.45) is 23.5 Å². The van der Waals surface area contributed by atoms with Crippen molar-refractivity contribution in [3.63, 3.8) is 0 Å². The first-order valence-electron chi connectivity index (χ1n) is 6.20. The van der Waals surface area contributed by atoms with E-state index in [0.717, 1.165) is 17.4 Å². The summed E-state index contributed by atoms with van der Waals surface area (Å²) in [5.41, 5.74) is 8.10. The standard InChI is InChI=1S/C14H18FN/c1-8-7-9(5-6-12(8)15)14(16)13-10-3-2-4-11(10)13/h5-7,10-11,13-14H,2-4,16H2,1H3. The summed E-state index contributed by atoms with van der Waals surface area (Å²) in [5.74, 6) is 2.26. The summed E-state index contributed by atoms with van der Waals surface area (Å²) in [5, 5.41) is 0. The van der Waals surface area contributed by atoms with Gasteiger partial charge in [-0.15, -0.1) is 0 Å². The summed E-state index contributed by atoms with van der Waals surface area (Å²) in [6, 6.07) is 5.42. The van der Waals surface area contributed by atoms with Crippen molar-refractivity contribution in [1.29, 1.82) is 0 Å². The summed E-state index contributed by atoms with van der Waals surface area (Å²) in [4.78, 5) is 0. The van der Waals surface area contributed by atoms with E-state index in [1.807, 2.05) is 12.1 Å². The van der Waals surface area contributed by atoms with Crippen LogP contribution in [0.15, 0.2) is 18.2 Å². The smallest absolute Gasteiger partial charge is 0.126 e. The van der Waals surface area contributed by atoms with Crippen LogP contribution < -0.4 is 5.73 Å². The van der Waals surface area contributed by atoms with Crippen LogP contribution in [0, 0.1) is 30.5 Å². The molecule has 2 N–H and O–H groups in total. The molecule has 2 aliphatic carbocycles. The quantitative estimate of drug-likeness (QED) is 0.812. The van der Waals surface area contributed by atoms with E-state index in [9.17, 15) is 4.39 Å². The Hall–Kier alpha value is -0.890. The van der Waals surface area contributed by atoms with Crippen molar-refractivity contribution in [3.8, 4) is 0 Å². The maximum Gasteiger partial charge on any atom is 0.126 e. The van der Waals surface area contributed by atoms with E-state index in [1.54, 1.807) is 13.0 Å². The van der Waals surface area contributed by atoms with Crippen LogP contribution in [0.4, 0.5) is 4.39 Å². The van der Waals surface area contributed by atoms with E-state index in [2.05, 4.69) is 0 Å². The van der Waals surface area contributed by atoms with Crippen LogP contribution in [0.2, 0.25) is 0 Å². The first-order valence-corrected chi connectivity index (χ1v) is 6.20. The molecule has 1 aromatic rings. The Kier molecular flexibility index (Phi) is 2.28. The van der Waals surface area contributed by atoms with Gasteiger partial charge in [-0.2, -0.15) is 0 Å². The molecule has 0 saturated heterocycles. The summed E-state index contributed by atoms with van der Waals surface area (Å²) in [6.07, 6.45) is 4.08. The van der Waals surface area contributed by atoms with Crippen LogP contribution in [0.25, 0.3) is 0 Å². The van der Waals surface area contributed by atoms with Gasteiger partial charge in [-0.3, -0.25) is 0 Å². The molecule has 2 saturated carbocycles. The highest BCUT2D eigenvalue weighted by Crippen LogP contribution is 2.61. The zero-order valence-electron chi connectivity index (χ0n) is 9.62. The number of halogens is 1. The fourth-order valence-corrected chi connectivity index (χ4v) is 3.51. The highest BCUT2D eigenvalue weighted by molar-refractivity contribution is 5.28. The van der Waals surface area contributed by atoms with Gasteiger partial charge in [-0.05, 0) is 54.7 Å². The van der Waals surface area contributed by atoms with E-state index in [-0.39, 0.29) is 11.9 Å². The highest BCUT2D eigenvalue weighted by atomic mass is 19.1. The molecule has 0 spiro atoms. The molecule has 0 radical (unpaired) electrons. The maximum absolute atomic E-state index is 13.2. The van der Waals surface area contributed by atoms with Crippen molar-refractivity contribution in [2.75, 3.05) is 0 Å². The number of benzene rings is 1. The second-order valence-electron chi connectivity index (χ2n) is 5.37. The van der Waals surface area contributed by atoms with Crippen molar-refractivity contribution in [3.05, 3.63) is 35.1 Å². The zero-order valence-corrected chi connectivity index (χ0v) is 9.62. The van der Waals surface area contributed by atoms with Gasteiger partial charge < -0.3 is 5.73 Å². The van der Waals surface area contributed by atoms with Gasteiger partial charge in [0.25, 0.3) is 0 Å². The van der Waals surface area contributed by atoms with Gasteiger partial charge >= 0.3 is 0 Å². The third-order valence-corrected chi connectivity index (χ3v) is 4.45. The van der Waals surface area contributed by atoms with E-state index in [4.69, 9.17) is 5.73 Å². The van der Waals surface area contributed by atoms with Gasteiger partial charge in [-0.1, -0.05) is 18.6 Å². The summed E-state index contributed by atoms with van der Waals surface area (Å²) >= 11 is 0. The zero-order chi connectivity index (χ0) is 11.3. The predicted molar refractivity (Wildman–Crippen MR) is 62.4 cm³/mol. The lowest BCUT2D eigenvalue weighted by Crippen LogP contribution is -2.15. The topological polar surface area (TPSA) is 26.0 Å². The van der Waals surface area contributed by atoms with Gasteiger partial charge in [-0.25, -0.2) is 4.39 Å². The van der Waals surface area contributed by atoms with Crippen LogP contribution in [0.3, 0.4) is 0 Å². The lowest BCUT2D eigenvalue weighted by molar-refractivity contribution is 0.500. The van der Waals surface area contributed by atoms with Crippen molar-refractivity contribution in [1.82, 2.24) is 0 Å². The minimum Gasteiger partial charge on any atom is -0.324 e. The second-order valence-corrected chi connectivity index (χ2v) is 5.37. The van der Waals surface area contributed by atoms with E-state index in [1.165, 1.54) is 19.3 Å². The van der Waals surface area contributed by atoms with Gasteiger partial charge in [0.1, 0.15) is 5.82 Å². The molecule has 2 aliphatic rings. The Morgan fingerprint density at radius 1 is 1.31 bits per heavy atom. The molecule has 86 valence electrons. The van der Waals surface area contributed by atoms with E-state index < -0.39 is 0 Å². The minimum atomic E-state index is -0.132. The third-order valence-electron chi connectivity index (χ3n) is 4.45. The third kappa shape index (κ3) is 1.47. The molecular weight excluding hydrogens is 201 g/mol. The van der Waals surface area contributed by atoms with Gasteiger partial charge in [0.05, 0.1) is 0 Å². The van der Waals surface area contributed by atoms with Crippen LogP contribution in [0.5, 0.6) is 0 Å². The van der Waals surface area contributed by atoms with Crippen molar-refractivity contribution >= 4 is 0 Å². The van der Waals surface area contributed by atoms with Crippen molar-refractivity contribution in [2.45, 2.75) is 32.2 Å². The van der Waals surface area contributed by atoms with E-state index in [0.29, 0.717) is 11.5 Å². The van der Waals surface area contributed by atoms with Crippen LogP contribution >= 0.6 is 0 Å². The SMILES string of the molecule is Cc1cc(C(N)C2C3CCCC32)ccc1F. The van der Waals surface area contributed by atoms with Crippen LogP contribution in [-0.2, 0) is 0 Å². The lowest BCUT2D eigenvalue weighted by Gasteiger charge is -2.14. The maximum atomic E-state index is 13.2. The molecule has 3 atom stereocenters. The van der Waals surface area contributed by atoms with Crippen molar-refractivity contribution < 1.29 is 4.39 Å². The number of hydrogen-bond donors (Lipinski definition) is 1. The average molecular weight is 219 g/mol. The summed E-state index contributed by atoms with van der Waals surface area (Å²) < 4.78 is 13.2. The monoisotopic (exact) mass is 219 g/mol. The summed E-state index contributed by atoms with van der Waals surface area (Å²) in [6.45, 7) is 1.80. The molecule has 3 rings (SSSR count). The molecule has 16 heavy (non-hydrogen) atoms. The molecule has 0 aliphatic heterocycles. The molecule has 2 heteroatoms. The highest BCUT2D eigenvalue weighted by Gasteiger charge is 2.55. The molecule has 3 unspecified atom stereocenters. The Labute approximate surface area is 95.8 Å². The van der Waals surface area contributed by atoms with Gasteiger partial charge in [0.2, 0.25) is 0 Å². The molecule has 0 aromatic heterocycles. The molecule has 0 amide bonds. The minimum absolute atomic E-state index is 0.120. The first kappa shape index (κ1) is 10.3. The first-order chi connectivity index (χ1) is 7.68. The molecule has 0 bridgehead atoms.